The van der Waals surface area contributed by atoms with Crippen LogP contribution in [0, 0.1) is 0 Å². The molecule has 27 heavy (non-hydrogen) atoms. The van der Waals surface area contributed by atoms with Crippen molar-refractivity contribution in [3.05, 3.63) is 59.1 Å². The van der Waals surface area contributed by atoms with Crippen molar-refractivity contribution < 1.29 is 17.9 Å². The lowest BCUT2D eigenvalue weighted by molar-refractivity contribution is 0.0946. The van der Waals surface area contributed by atoms with Crippen molar-refractivity contribution in [2.45, 2.75) is 23.8 Å². The number of nitrogens with zero attached hydrogens (tertiary/aromatic N) is 1. The van der Waals surface area contributed by atoms with Crippen LogP contribution in [0.25, 0.3) is 0 Å². The average molecular weight is 409 g/mol. The molecule has 1 aliphatic rings. The lowest BCUT2D eigenvalue weighted by Crippen LogP contribution is -2.43. The van der Waals surface area contributed by atoms with Gasteiger partial charge in [-0.15, -0.1) is 0 Å². The predicted molar refractivity (Wildman–Crippen MR) is 104 cm³/mol. The van der Waals surface area contributed by atoms with Crippen LogP contribution >= 0.6 is 11.6 Å². The summed E-state index contributed by atoms with van der Waals surface area (Å²) in [7, 11) is -2.10. The molecule has 0 aromatic heterocycles. The molecule has 0 aliphatic carbocycles. The van der Waals surface area contributed by atoms with Crippen molar-refractivity contribution >= 4 is 27.5 Å². The van der Waals surface area contributed by atoms with E-state index >= 15 is 0 Å². The van der Waals surface area contributed by atoms with E-state index in [0.29, 0.717) is 29.3 Å². The molecule has 144 valence electrons. The van der Waals surface area contributed by atoms with Crippen molar-refractivity contribution in [2.75, 3.05) is 20.2 Å². The first-order valence-electron chi connectivity index (χ1n) is 8.61. The Morgan fingerprint density at radius 1 is 1.26 bits per heavy atom. The van der Waals surface area contributed by atoms with Crippen LogP contribution in [-0.2, 0) is 10.0 Å². The van der Waals surface area contributed by atoms with E-state index in [2.05, 4.69) is 5.32 Å². The lowest BCUT2D eigenvalue weighted by Gasteiger charge is -2.24. The molecule has 1 aliphatic heterocycles. The number of nitrogens with one attached hydrogen (secondary N) is 1. The van der Waals surface area contributed by atoms with Crippen LogP contribution < -0.4 is 10.1 Å². The molecule has 6 nitrogen and oxygen atoms in total. The van der Waals surface area contributed by atoms with Gasteiger partial charge in [-0.2, -0.15) is 4.31 Å². The summed E-state index contributed by atoms with van der Waals surface area (Å²) >= 11 is 5.91. The second-order valence-corrected chi connectivity index (χ2v) is 8.63. The van der Waals surface area contributed by atoms with Crippen LogP contribution in [0.5, 0.6) is 5.75 Å². The Balaban J connectivity index is 1.70. The number of amides is 1. The fourth-order valence-electron chi connectivity index (χ4n) is 3.16. The Morgan fingerprint density at radius 2 is 2.00 bits per heavy atom. The molecular formula is C19H21ClN2O4S. The first-order valence-corrected chi connectivity index (χ1v) is 10.4. The highest BCUT2D eigenvalue weighted by atomic mass is 35.5. The van der Waals surface area contributed by atoms with Crippen molar-refractivity contribution in [3.63, 3.8) is 0 Å². The second-order valence-electron chi connectivity index (χ2n) is 6.31. The summed E-state index contributed by atoms with van der Waals surface area (Å²) in [6.45, 7) is 0.687. The maximum Gasteiger partial charge on any atom is 0.251 e. The molecule has 1 heterocycles. The van der Waals surface area contributed by atoms with Crippen molar-refractivity contribution in [2.24, 2.45) is 0 Å². The first-order chi connectivity index (χ1) is 12.9. The smallest absolute Gasteiger partial charge is 0.251 e. The van der Waals surface area contributed by atoms with E-state index in [1.807, 2.05) is 0 Å². The van der Waals surface area contributed by atoms with Gasteiger partial charge in [-0.3, -0.25) is 4.79 Å². The van der Waals surface area contributed by atoms with Crippen molar-refractivity contribution in [1.82, 2.24) is 9.62 Å². The number of benzene rings is 2. The van der Waals surface area contributed by atoms with E-state index in [1.54, 1.807) is 36.4 Å². The topological polar surface area (TPSA) is 75.7 Å². The van der Waals surface area contributed by atoms with Gasteiger partial charge in [0, 0.05) is 29.7 Å². The summed E-state index contributed by atoms with van der Waals surface area (Å²) in [5.74, 6) is 0.326. The molecule has 1 saturated heterocycles. The molecule has 1 atom stereocenters. The van der Waals surface area contributed by atoms with Gasteiger partial charge in [-0.05, 0) is 55.3 Å². The van der Waals surface area contributed by atoms with Gasteiger partial charge in [0.1, 0.15) is 5.75 Å². The second kappa shape index (κ2) is 8.29. The minimum absolute atomic E-state index is 0.219. The molecule has 0 bridgehead atoms. The molecule has 2 aromatic carbocycles. The summed E-state index contributed by atoms with van der Waals surface area (Å²) in [5, 5.41) is 3.30. The summed E-state index contributed by atoms with van der Waals surface area (Å²) in [6.07, 6.45) is 1.46. The van der Waals surface area contributed by atoms with E-state index in [9.17, 15) is 13.2 Å². The minimum Gasteiger partial charge on any atom is -0.497 e. The summed E-state index contributed by atoms with van der Waals surface area (Å²) in [5.41, 5.74) is 0.449. The third kappa shape index (κ3) is 4.43. The van der Waals surface area contributed by atoms with Crippen LogP contribution in [0.15, 0.2) is 53.4 Å². The normalized spacial score (nSPS) is 17.6. The predicted octanol–water partition coefficient (Wildman–Crippen LogP) is 2.93. The SMILES string of the molecule is COc1ccc(S(=O)(=O)N2CCC[C@H]2CNC(=O)c2cccc(Cl)c2)cc1. The number of halogens is 1. The molecule has 1 amide bonds. The highest BCUT2D eigenvalue weighted by molar-refractivity contribution is 7.89. The molecule has 3 rings (SSSR count). The molecule has 1 fully saturated rings. The van der Waals surface area contributed by atoms with Crippen LogP contribution in [0.3, 0.4) is 0 Å². The van der Waals surface area contributed by atoms with Crippen molar-refractivity contribution in [3.8, 4) is 5.75 Å². The molecule has 2 aromatic rings. The highest BCUT2D eigenvalue weighted by Gasteiger charge is 2.35. The van der Waals surface area contributed by atoms with E-state index < -0.39 is 10.0 Å². The van der Waals surface area contributed by atoms with E-state index in [1.165, 1.54) is 23.5 Å². The summed E-state index contributed by atoms with van der Waals surface area (Å²) in [6, 6.07) is 12.7. The number of ether oxygens (including phenoxy) is 1. The average Bonchev–Trinajstić information content (AvgIpc) is 3.15. The maximum absolute atomic E-state index is 13.0. The zero-order valence-corrected chi connectivity index (χ0v) is 16.5. The van der Waals surface area contributed by atoms with E-state index in [4.69, 9.17) is 16.3 Å². The number of carbonyl (C=O) groups is 1. The number of methoxy groups -OCH3 is 1. The van der Waals surface area contributed by atoms with E-state index in [0.717, 1.165) is 6.42 Å². The first kappa shape index (κ1) is 19.7. The van der Waals surface area contributed by atoms with Crippen LogP contribution in [0.1, 0.15) is 23.2 Å². The molecule has 8 heteroatoms. The Labute approximate surface area is 164 Å². The minimum atomic E-state index is -3.63. The maximum atomic E-state index is 13.0. The number of carbonyl (C=O) groups excluding carboxylic acids is 1. The van der Waals surface area contributed by atoms with Gasteiger partial charge in [-0.1, -0.05) is 17.7 Å². The third-order valence-electron chi connectivity index (χ3n) is 4.57. The lowest BCUT2D eigenvalue weighted by atomic mass is 10.2. The number of hydrogen-bond acceptors (Lipinski definition) is 4. The Hall–Kier alpha value is -2.09. The third-order valence-corrected chi connectivity index (χ3v) is 6.78. The number of sulfonamides is 1. The van der Waals surface area contributed by atoms with Crippen LogP contribution in [0.2, 0.25) is 5.02 Å². The standard InChI is InChI=1S/C19H21ClN2O4S/c1-26-17-7-9-18(10-8-17)27(24,25)22-11-3-6-16(22)13-21-19(23)14-4-2-5-15(20)12-14/h2,4-5,7-10,12,16H,3,6,11,13H2,1H3,(H,21,23)/t16-/m0/s1. The van der Waals surface area contributed by atoms with Crippen LogP contribution in [0.4, 0.5) is 0 Å². The van der Waals surface area contributed by atoms with Gasteiger partial charge >= 0.3 is 0 Å². The van der Waals surface area contributed by atoms with Crippen LogP contribution in [-0.4, -0.2) is 44.9 Å². The van der Waals surface area contributed by atoms with Gasteiger partial charge in [-0.25, -0.2) is 8.42 Å². The molecule has 0 spiro atoms. The van der Waals surface area contributed by atoms with Gasteiger partial charge < -0.3 is 10.1 Å². The monoisotopic (exact) mass is 408 g/mol. The Bertz CT molecular complexity index is 916. The summed E-state index contributed by atoms with van der Waals surface area (Å²) < 4.78 is 32.5. The Kier molecular flexibility index (Phi) is 6.04. The van der Waals surface area contributed by atoms with E-state index in [-0.39, 0.29) is 23.4 Å². The Morgan fingerprint density at radius 3 is 2.67 bits per heavy atom. The highest BCUT2D eigenvalue weighted by Crippen LogP contribution is 2.27. The molecule has 1 N–H and O–H groups in total. The molecule has 0 saturated carbocycles. The van der Waals surface area contributed by atoms with Gasteiger partial charge in [0.15, 0.2) is 0 Å². The molecule has 0 radical (unpaired) electrons. The fraction of sp³-hybridized carbons (Fsp3) is 0.316. The molecular weight excluding hydrogens is 388 g/mol. The number of rotatable bonds is 6. The van der Waals surface area contributed by atoms with Crippen molar-refractivity contribution in [1.29, 1.82) is 0 Å². The summed E-state index contributed by atoms with van der Waals surface area (Å²) in [4.78, 5) is 12.5. The zero-order valence-electron chi connectivity index (χ0n) is 14.9. The fourth-order valence-corrected chi connectivity index (χ4v) is 5.04. The number of hydrogen-bond donors (Lipinski definition) is 1. The zero-order chi connectivity index (χ0) is 19.4. The quantitative estimate of drug-likeness (QED) is 0.797. The van der Waals surface area contributed by atoms with Gasteiger partial charge in [0.2, 0.25) is 10.0 Å². The van der Waals surface area contributed by atoms with Gasteiger partial charge in [0.05, 0.1) is 12.0 Å². The molecule has 0 unspecified atom stereocenters. The largest absolute Gasteiger partial charge is 0.497 e. The van der Waals surface area contributed by atoms with Gasteiger partial charge in [0.25, 0.3) is 5.91 Å².